The topological polar surface area (TPSA) is 162 Å². The second-order valence-electron chi connectivity index (χ2n) is 2.81. The number of ether oxygens (including phenoxy) is 1. The fourth-order valence-corrected chi connectivity index (χ4v) is 1.38. The Morgan fingerprint density at radius 1 is 1.37 bits per heavy atom. The summed E-state index contributed by atoms with van der Waals surface area (Å²) in [5, 5.41) is 28.7. The third kappa shape index (κ3) is 7.62. The number of phosphoric acid groups is 1. The second-order valence-corrected chi connectivity index (χ2v) is 3.88. The van der Waals surface area contributed by atoms with E-state index in [1.807, 2.05) is 0 Å². The Kier molecular flexibility index (Phi) is 14.4. The molecule has 92 valence electrons. The normalized spacial score (nSPS) is 19.6. The molecule has 1 rings (SSSR count). The molecule has 19 heavy (non-hydrogen) atoms. The molecule has 1 heterocycles. The van der Waals surface area contributed by atoms with Gasteiger partial charge in [0.15, 0.2) is 0 Å². The molecule has 2 N–H and O–H groups in total. The summed E-state index contributed by atoms with van der Waals surface area (Å²) >= 11 is 0. The zero-order valence-corrected chi connectivity index (χ0v) is 17.5. The molecule has 2 atom stereocenters. The van der Waals surface area contributed by atoms with Crippen LogP contribution in [0.3, 0.4) is 0 Å². The van der Waals surface area contributed by atoms with Gasteiger partial charge in [-0.2, -0.15) is 0 Å². The van der Waals surface area contributed by atoms with Gasteiger partial charge in [-0.25, -0.2) is 4.79 Å². The molecule has 0 aromatic rings. The number of hydrogen-bond acceptors (Lipinski definition) is 9. The van der Waals surface area contributed by atoms with E-state index >= 15 is 0 Å². The Morgan fingerprint density at radius 3 is 2.21 bits per heavy atom. The fraction of sp³-hybridized carbons (Fsp3) is 0.500. The molecule has 0 aromatic carbocycles. The van der Waals surface area contributed by atoms with Gasteiger partial charge in [-0.1, -0.05) is 0 Å². The largest absolute Gasteiger partial charge is 1.00 e. The number of phosphoric ester groups is 1. The van der Waals surface area contributed by atoms with Crippen LogP contribution in [0, 0.1) is 0 Å². The maximum atomic E-state index is 11.2. The van der Waals surface area contributed by atoms with Crippen molar-refractivity contribution in [1.82, 2.24) is 0 Å². The number of rotatable bonds is 4. The minimum absolute atomic E-state index is 0. The summed E-state index contributed by atoms with van der Waals surface area (Å²) in [5.74, 6) is -4.10. The monoisotopic (exact) mass is 322 g/mol. The minimum Gasteiger partial charge on any atom is -0.870 e. The molecule has 0 spiro atoms. The van der Waals surface area contributed by atoms with Crippen molar-refractivity contribution in [2.75, 3.05) is 6.61 Å². The summed E-state index contributed by atoms with van der Waals surface area (Å²) in [5.41, 5.74) is 0. The number of carbonyl (C=O) groups excluding carboxylic acids is 1. The summed E-state index contributed by atoms with van der Waals surface area (Å²) < 4.78 is 18.0. The molecular weight excluding hydrogens is 316 g/mol. The predicted octanol–water partition coefficient (Wildman–Crippen LogP) is -13.3. The van der Waals surface area contributed by atoms with Gasteiger partial charge in [-0.15, -0.1) is 0 Å². The predicted molar refractivity (Wildman–Crippen MR) is 38.7 cm³/mol. The molecule has 9 nitrogen and oxygen atoms in total. The van der Waals surface area contributed by atoms with Crippen molar-refractivity contribution in [3.8, 4) is 0 Å². The Bertz CT molecular complexity index is 380. The maximum absolute atomic E-state index is 11.2. The summed E-state index contributed by atoms with van der Waals surface area (Å²) in [7, 11) is -5.56. The van der Waals surface area contributed by atoms with E-state index in [1.54, 1.807) is 0 Å². The molecular formula is C6H6Na3O9P. The van der Waals surface area contributed by atoms with Crippen LogP contribution in [0.4, 0.5) is 0 Å². The number of carbonyl (C=O) groups is 1. The van der Waals surface area contributed by atoms with Gasteiger partial charge in [-0.05, 0) is 5.76 Å². The number of esters is 1. The average molecular weight is 322 g/mol. The van der Waals surface area contributed by atoms with Crippen molar-refractivity contribution in [2.45, 2.75) is 12.2 Å². The first-order valence-corrected chi connectivity index (χ1v) is 5.35. The molecule has 0 amide bonds. The second kappa shape index (κ2) is 10.6. The van der Waals surface area contributed by atoms with Crippen LogP contribution in [0.25, 0.3) is 0 Å². The van der Waals surface area contributed by atoms with Gasteiger partial charge in [0.05, 0.1) is 6.61 Å². The van der Waals surface area contributed by atoms with E-state index in [9.17, 15) is 24.3 Å². The Labute approximate surface area is 174 Å². The van der Waals surface area contributed by atoms with Gasteiger partial charge in [0.25, 0.3) is 0 Å². The number of cyclic esters (lactones) is 1. The van der Waals surface area contributed by atoms with Crippen LogP contribution in [0.1, 0.15) is 0 Å². The summed E-state index contributed by atoms with van der Waals surface area (Å²) in [6, 6.07) is 0. The summed E-state index contributed by atoms with van der Waals surface area (Å²) in [6.07, 6.45) is -3.48. The zero-order chi connectivity index (χ0) is 12.5. The maximum Gasteiger partial charge on any atom is 1.00 e. The van der Waals surface area contributed by atoms with Crippen LogP contribution in [0.5, 0.6) is 0 Å². The number of hydrogen-bond donors (Lipinski definition) is 2. The van der Waals surface area contributed by atoms with Gasteiger partial charge < -0.3 is 38.9 Å². The van der Waals surface area contributed by atoms with Crippen molar-refractivity contribution in [1.29, 1.82) is 0 Å². The van der Waals surface area contributed by atoms with Gasteiger partial charge in [0.1, 0.15) is 20.0 Å². The molecule has 0 saturated carbocycles. The molecule has 0 aliphatic carbocycles. The van der Waals surface area contributed by atoms with Gasteiger partial charge >= 0.3 is 94.6 Å². The molecule has 0 aromatic heterocycles. The van der Waals surface area contributed by atoms with E-state index in [0.717, 1.165) is 0 Å². The van der Waals surface area contributed by atoms with E-state index in [1.165, 1.54) is 0 Å². The molecule has 0 radical (unpaired) electrons. The molecule has 1 aliphatic heterocycles. The SMILES string of the molecule is O=C1OC(C(O)CO)C([O-])=C1OP(=O)([O-])[O-].[Na+].[Na+].[Na+]. The molecule has 1 aliphatic rings. The summed E-state index contributed by atoms with van der Waals surface area (Å²) in [4.78, 5) is 31.3. The number of aliphatic hydroxyl groups excluding tert-OH is 2. The average Bonchev–Trinajstić information content (AvgIpc) is 2.42. The number of aliphatic hydroxyl groups is 2. The van der Waals surface area contributed by atoms with Crippen molar-refractivity contribution >= 4 is 13.8 Å². The van der Waals surface area contributed by atoms with Gasteiger partial charge in [0.2, 0.25) is 5.76 Å². The quantitative estimate of drug-likeness (QED) is 0.290. The van der Waals surface area contributed by atoms with Gasteiger partial charge in [0, 0.05) is 0 Å². The van der Waals surface area contributed by atoms with E-state index in [0.29, 0.717) is 0 Å². The van der Waals surface area contributed by atoms with Gasteiger partial charge in [-0.3, -0.25) is 0 Å². The third-order valence-electron chi connectivity index (χ3n) is 1.64. The smallest absolute Gasteiger partial charge is 0.870 e. The van der Waals surface area contributed by atoms with Crippen LogP contribution in [0.2, 0.25) is 0 Å². The van der Waals surface area contributed by atoms with Crippen LogP contribution in [0.15, 0.2) is 11.5 Å². The van der Waals surface area contributed by atoms with Crippen LogP contribution >= 0.6 is 7.82 Å². The van der Waals surface area contributed by atoms with Crippen molar-refractivity contribution < 1.29 is 132 Å². The molecule has 2 unspecified atom stereocenters. The van der Waals surface area contributed by atoms with Crippen LogP contribution in [-0.2, 0) is 18.6 Å². The summed E-state index contributed by atoms with van der Waals surface area (Å²) in [6.45, 7) is -0.886. The molecule has 0 bridgehead atoms. The fourth-order valence-electron chi connectivity index (χ4n) is 0.995. The molecule has 0 fully saturated rings. The molecule has 13 heteroatoms. The first kappa shape index (κ1) is 25.8. The zero-order valence-electron chi connectivity index (χ0n) is 10.6. The van der Waals surface area contributed by atoms with E-state index < -0.39 is 44.1 Å². The third-order valence-corrected chi connectivity index (χ3v) is 2.05. The van der Waals surface area contributed by atoms with Crippen molar-refractivity contribution in [3.05, 3.63) is 11.5 Å². The van der Waals surface area contributed by atoms with Crippen LogP contribution < -0.4 is 104 Å². The Morgan fingerprint density at radius 2 is 1.84 bits per heavy atom. The first-order chi connectivity index (χ1) is 7.26. The minimum atomic E-state index is -5.56. The van der Waals surface area contributed by atoms with Crippen molar-refractivity contribution in [2.24, 2.45) is 0 Å². The molecule has 0 saturated heterocycles. The standard InChI is InChI=1S/C6H9O9P.3Na/c7-1-2(8)4-3(9)5(6(10)14-4)15-16(11,12)13;;;/h2,4,7-9H,1H2,(H2,11,12,13);;;/q;3*+1/p-3. The first-order valence-electron chi connectivity index (χ1n) is 3.89. The van der Waals surface area contributed by atoms with Crippen LogP contribution in [-0.4, -0.2) is 35.0 Å². The van der Waals surface area contributed by atoms with E-state index in [-0.39, 0.29) is 88.7 Å². The van der Waals surface area contributed by atoms with E-state index in [2.05, 4.69) is 9.26 Å². The Balaban J connectivity index is -0.000000853. The van der Waals surface area contributed by atoms with Crippen molar-refractivity contribution in [3.63, 3.8) is 0 Å². The Hall–Kier alpha value is 1.88. The van der Waals surface area contributed by atoms with E-state index in [4.69, 9.17) is 10.2 Å².